The summed E-state index contributed by atoms with van der Waals surface area (Å²) < 4.78 is 10.8. The van der Waals surface area contributed by atoms with E-state index >= 15 is 0 Å². The average molecular weight is 508 g/mol. The number of aromatic nitrogens is 2. The van der Waals surface area contributed by atoms with Crippen molar-refractivity contribution < 1.29 is 19.1 Å². The van der Waals surface area contributed by atoms with E-state index in [0.717, 1.165) is 23.3 Å². The van der Waals surface area contributed by atoms with Crippen LogP contribution in [-0.4, -0.2) is 47.0 Å². The van der Waals surface area contributed by atoms with Gasteiger partial charge in [0, 0.05) is 23.6 Å². The lowest BCUT2D eigenvalue weighted by molar-refractivity contribution is -0.133. The van der Waals surface area contributed by atoms with Crippen LogP contribution in [0.4, 0.5) is 5.69 Å². The molecular formula is C26H26ClN5O4. The molecule has 1 N–H and O–H groups in total. The summed E-state index contributed by atoms with van der Waals surface area (Å²) in [7, 11) is 3.18. The number of amides is 2. The van der Waals surface area contributed by atoms with Gasteiger partial charge in [-0.2, -0.15) is 5.10 Å². The van der Waals surface area contributed by atoms with Crippen molar-refractivity contribution in [2.24, 2.45) is 11.0 Å². The van der Waals surface area contributed by atoms with Gasteiger partial charge < -0.3 is 14.8 Å². The number of carbonyl (C=O) groups is 2. The van der Waals surface area contributed by atoms with Crippen molar-refractivity contribution >= 4 is 34.8 Å². The molecule has 1 atom stereocenters. The van der Waals surface area contributed by atoms with Crippen molar-refractivity contribution in [1.29, 1.82) is 0 Å². The number of benzene rings is 2. The molecule has 1 aliphatic heterocycles. The van der Waals surface area contributed by atoms with E-state index in [0.29, 0.717) is 30.2 Å². The Bertz CT molecular complexity index is 1280. The number of nitrogens with zero attached hydrogens (tertiary/aromatic N) is 4. The second kappa shape index (κ2) is 11.2. The van der Waals surface area contributed by atoms with Crippen molar-refractivity contribution in [3.63, 3.8) is 0 Å². The highest BCUT2D eigenvalue weighted by atomic mass is 35.5. The first-order valence-electron chi connectivity index (χ1n) is 11.4. The first-order valence-corrected chi connectivity index (χ1v) is 11.8. The number of rotatable bonds is 8. The molecule has 0 bridgehead atoms. The minimum absolute atomic E-state index is 0.0143. The lowest BCUT2D eigenvalue weighted by Crippen LogP contribution is -2.36. The fourth-order valence-electron chi connectivity index (χ4n) is 3.93. The van der Waals surface area contributed by atoms with Gasteiger partial charge >= 0.3 is 0 Å². The standard InChI is InChI=1S/C26H26ClN5O4/c1-4-17-14-24(33)32(31-25(17)18-7-11-21(35-2)22(13-18)36-3)15-16-5-8-19(9-6-16)28-26(34)20-10-12-23(27)30-29-20/h5-13,17H,4,14-15H2,1-3H3,(H,28,34). The van der Waals surface area contributed by atoms with Gasteiger partial charge in [-0.25, -0.2) is 5.01 Å². The third-order valence-electron chi connectivity index (χ3n) is 5.90. The molecule has 0 spiro atoms. The molecule has 0 saturated carbocycles. The Morgan fingerprint density at radius 1 is 1.06 bits per heavy atom. The number of hydrazone groups is 1. The van der Waals surface area contributed by atoms with E-state index in [2.05, 4.69) is 15.5 Å². The molecule has 0 radical (unpaired) electrons. The minimum Gasteiger partial charge on any atom is -0.493 e. The van der Waals surface area contributed by atoms with E-state index in [1.807, 2.05) is 37.3 Å². The zero-order valence-corrected chi connectivity index (χ0v) is 21.0. The van der Waals surface area contributed by atoms with E-state index in [4.69, 9.17) is 26.2 Å². The van der Waals surface area contributed by atoms with Crippen molar-refractivity contribution in [3.05, 3.63) is 76.6 Å². The Balaban J connectivity index is 1.51. The molecule has 1 aliphatic rings. The van der Waals surface area contributed by atoms with E-state index in [-0.39, 0.29) is 22.7 Å². The van der Waals surface area contributed by atoms with Gasteiger partial charge in [0.15, 0.2) is 22.3 Å². The van der Waals surface area contributed by atoms with Crippen LogP contribution in [0.25, 0.3) is 0 Å². The summed E-state index contributed by atoms with van der Waals surface area (Å²) in [5.41, 5.74) is 3.35. The van der Waals surface area contributed by atoms with Gasteiger partial charge in [0.1, 0.15) is 0 Å². The number of anilines is 1. The number of ether oxygens (including phenoxy) is 2. The largest absolute Gasteiger partial charge is 0.493 e. The van der Waals surface area contributed by atoms with Gasteiger partial charge in [0.25, 0.3) is 5.91 Å². The predicted molar refractivity (Wildman–Crippen MR) is 136 cm³/mol. The van der Waals surface area contributed by atoms with E-state index in [1.165, 1.54) is 17.1 Å². The van der Waals surface area contributed by atoms with Crippen LogP contribution in [0.2, 0.25) is 5.15 Å². The summed E-state index contributed by atoms with van der Waals surface area (Å²) in [6.45, 7) is 2.36. The van der Waals surface area contributed by atoms with Crippen molar-refractivity contribution in [3.8, 4) is 11.5 Å². The third kappa shape index (κ3) is 5.63. The number of hydrogen-bond acceptors (Lipinski definition) is 7. The first kappa shape index (κ1) is 25.1. The molecule has 3 aromatic rings. The molecular weight excluding hydrogens is 482 g/mol. The summed E-state index contributed by atoms with van der Waals surface area (Å²) in [6, 6.07) is 15.9. The SMILES string of the molecule is CCC1CC(=O)N(Cc2ccc(NC(=O)c3ccc(Cl)nn3)cc2)N=C1c1ccc(OC)c(OC)c1. The summed E-state index contributed by atoms with van der Waals surface area (Å²) in [6.07, 6.45) is 1.17. The topological polar surface area (TPSA) is 106 Å². The minimum atomic E-state index is -0.395. The molecule has 9 nitrogen and oxygen atoms in total. The summed E-state index contributed by atoms with van der Waals surface area (Å²) in [5.74, 6) is 0.824. The molecule has 1 unspecified atom stereocenters. The van der Waals surface area contributed by atoms with Crippen molar-refractivity contribution in [2.75, 3.05) is 19.5 Å². The number of methoxy groups -OCH3 is 2. The van der Waals surface area contributed by atoms with E-state index in [9.17, 15) is 9.59 Å². The summed E-state index contributed by atoms with van der Waals surface area (Å²) in [5, 5.41) is 16.7. The molecule has 0 aliphatic carbocycles. The number of carbonyl (C=O) groups excluding carboxylic acids is 2. The fourth-order valence-corrected chi connectivity index (χ4v) is 4.03. The zero-order chi connectivity index (χ0) is 25.7. The number of halogens is 1. The van der Waals surface area contributed by atoms with Gasteiger partial charge in [-0.1, -0.05) is 30.7 Å². The van der Waals surface area contributed by atoms with Gasteiger partial charge in [-0.3, -0.25) is 9.59 Å². The molecule has 2 aromatic carbocycles. The molecule has 36 heavy (non-hydrogen) atoms. The van der Waals surface area contributed by atoms with Crippen LogP contribution in [0.1, 0.15) is 41.4 Å². The summed E-state index contributed by atoms with van der Waals surface area (Å²) >= 11 is 5.72. The number of nitrogens with one attached hydrogen (secondary N) is 1. The molecule has 4 rings (SSSR count). The lowest BCUT2D eigenvalue weighted by atomic mass is 9.89. The Morgan fingerprint density at radius 3 is 2.44 bits per heavy atom. The van der Waals surface area contributed by atoms with E-state index < -0.39 is 5.91 Å². The second-order valence-corrected chi connectivity index (χ2v) is 8.60. The maximum Gasteiger partial charge on any atom is 0.276 e. The molecule has 0 fully saturated rings. The van der Waals surface area contributed by atoms with Crippen LogP contribution >= 0.6 is 11.6 Å². The lowest BCUT2D eigenvalue weighted by Gasteiger charge is -2.29. The third-order valence-corrected chi connectivity index (χ3v) is 6.11. The highest BCUT2D eigenvalue weighted by Crippen LogP contribution is 2.31. The van der Waals surface area contributed by atoms with Crippen molar-refractivity contribution in [1.82, 2.24) is 15.2 Å². The maximum atomic E-state index is 12.9. The first-order chi connectivity index (χ1) is 17.4. The van der Waals surface area contributed by atoms with Crippen LogP contribution in [0.3, 0.4) is 0 Å². The summed E-state index contributed by atoms with van der Waals surface area (Å²) in [4.78, 5) is 25.2. The molecule has 10 heteroatoms. The Labute approximate surface area is 214 Å². The molecule has 2 amide bonds. The highest BCUT2D eigenvalue weighted by molar-refractivity contribution is 6.29. The van der Waals surface area contributed by atoms with E-state index in [1.54, 1.807) is 26.4 Å². The van der Waals surface area contributed by atoms with Crippen LogP contribution in [0.15, 0.2) is 59.7 Å². The molecule has 0 saturated heterocycles. The quantitative estimate of drug-likeness (QED) is 0.479. The van der Waals surface area contributed by atoms with Gasteiger partial charge in [-0.15, -0.1) is 10.2 Å². The molecule has 1 aromatic heterocycles. The Morgan fingerprint density at radius 2 is 1.81 bits per heavy atom. The van der Waals surface area contributed by atoms with Gasteiger partial charge in [0.2, 0.25) is 5.91 Å². The fraction of sp³-hybridized carbons (Fsp3) is 0.269. The molecule has 186 valence electrons. The smallest absolute Gasteiger partial charge is 0.276 e. The normalized spacial score (nSPS) is 15.3. The second-order valence-electron chi connectivity index (χ2n) is 8.21. The van der Waals surface area contributed by atoms with Crippen LogP contribution in [-0.2, 0) is 11.3 Å². The zero-order valence-electron chi connectivity index (χ0n) is 20.2. The Hall–Kier alpha value is -3.98. The van der Waals surface area contributed by atoms with Gasteiger partial charge in [0.05, 0.1) is 26.5 Å². The molecule has 2 heterocycles. The average Bonchev–Trinajstić information content (AvgIpc) is 2.90. The predicted octanol–water partition coefficient (Wildman–Crippen LogP) is 4.56. The van der Waals surface area contributed by atoms with Crippen LogP contribution in [0, 0.1) is 5.92 Å². The van der Waals surface area contributed by atoms with Crippen molar-refractivity contribution in [2.45, 2.75) is 26.3 Å². The number of hydrogen-bond donors (Lipinski definition) is 1. The monoisotopic (exact) mass is 507 g/mol. The van der Waals surface area contributed by atoms with Gasteiger partial charge in [-0.05, 0) is 54.4 Å². The maximum absolute atomic E-state index is 12.9. The highest BCUT2D eigenvalue weighted by Gasteiger charge is 2.29. The van der Waals surface area contributed by atoms with Crippen LogP contribution in [0.5, 0.6) is 11.5 Å². The Kier molecular flexibility index (Phi) is 7.80. The van der Waals surface area contributed by atoms with Crippen LogP contribution < -0.4 is 14.8 Å².